The molecule has 4 fully saturated rings. The van der Waals surface area contributed by atoms with E-state index in [0.717, 1.165) is 44.9 Å². The number of carbonyl (C=O) groups excluding carboxylic acids is 2. The molecule has 0 amide bonds. The van der Waals surface area contributed by atoms with Crippen molar-refractivity contribution in [2.45, 2.75) is 178 Å². The maximum atomic E-state index is 13.6. The van der Waals surface area contributed by atoms with Crippen LogP contribution in [0.5, 0.6) is 0 Å². The molecule has 4 saturated heterocycles. The van der Waals surface area contributed by atoms with Gasteiger partial charge >= 0.3 is 11.9 Å². The fourth-order valence-electron chi connectivity index (χ4n) is 6.97. The number of rotatable bonds is 1. The zero-order valence-electron chi connectivity index (χ0n) is 27.5. The van der Waals surface area contributed by atoms with Crippen molar-refractivity contribution < 1.29 is 63.5 Å². The predicted octanol–water partition coefficient (Wildman–Crippen LogP) is 1.86. The highest BCUT2D eigenvalue weighted by molar-refractivity contribution is 5.85. The fourth-order valence-corrected chi connectivity index (χ4v) is 6.97. The summed E-state index contributed by atoms with van der Waals surface area (Å²) >= 11 is 0. The Balaban J connectivity index is 1.57. The normalized spacial score (nSPS) is 44.9. The largest absolute Gasteiger partial charge is 0.461 e. The number of esters is 2. The minimum Gasteiger partial charge on any atom is -0.461 e. The summed E-state index contributed by atoms with van der Waals surface area (Å²) < 4.78 is 35.3. The van der Waals surface area contributed by atoms with Gasteiger partial charge in [0.15, 0.2) is 18.7 Å². The molecule has 0 aromatic rings. The molecule has 14 unspecified atom stereocenters. The maximum Gasteiger partial charge on any atom is 0.314 e. The highest BCUT2D eigenvalue weighted by Gasteiger charge is 2.54. The highest BCUT2D eigenvalue weighted by atomic mass is 16.8. The molecular formula is C33H56O13. The van der Waals surface area contributed by atoms with E-state index in [1.807, 2.05) is 6.92 Å². The minimum atomic E-state index is -1.64. The number of fused-ring (bicyclic) bond motifs is 3. The van der Waals surface area contributed by atoms with E-state index in [2.05, 4.69) is 0 Å². The van der Waals surface area contributed by atoms with E-state index in [9.17, 15) is 35.1 Å². The third-order valence-corrected chi connectivity index (χ3v) is 9.97. The van der Waals surface area contributed by atoms with Crippen molar-refractivity contribution in [3.05, 3.63) is 0 Å². The van der Waals surface area contributed by atoms with E-state index in [0.29, 0.717) is 12.8 Å². The molecule has 4 heterocycles. The van der Waals surface area contributed by atoms with Crippen LogP contribution in [0.15, 0.2) is 0 Å². The van der Waals surface area contributed by atoms with Crippen molar-refractivity contribution in [2.24, 2.45) is 11.8 Å². The van der Waals surface area contributed by atoms with Crippen LogP contribution in [-0.4, -0.2) is 118 Å². The average molecular weight is 661 g/mol. The van der Waals surface area contributed by atoms with Crippen LogP contribution in [0.3, 0.4) is 0 Å². The van der Waals surface area contributed by atoms with Crippen LogP contribution in [0.2, 0.25) is 0 Å². The standard InChI is InChI=1S/C33H56O13/c1-18-15-13-11-9-7-5-4-6-8-10-12-14-16-21-23(19(2)30(39)43-21)31(40)45-28-26(37)24(35)20(3)42-33(28)46-29-27(38)25(36)22(17-34)44-32(29)41-18/h18-29,32-38H,4-17H2,1-3H3. The zero-order valence-corrected chi connectivity index (χ0v) is 27.5. The summed E-state index contributed by atoms with van der Waals surface area (Å²) in [6.45, 7) is 4.38. The Morgan fingerprint density at radius 1 is 0.587 bits per heavy atom. The van der Waals surface area contributed by atoms with Crippen LogP contribution < -0.4 is 0 Å². The van der Waals surface area contributed by atoms with Crippen molar-refractivity contribution in [3.63, 3.8) is 0 Å². The molecule has 4 aliphatic heterocycles. The van der Waals surface area contributed by atoms with E-state index in [1.54, 1.807) is 6.92 Å². The molecule has 0 aromatic carbocycles. The van der Waals surface area contributed by atoms with Gasteiger partial charge in [0.25, 0.3) is 0 Å². The average Bonchev–Trinajstić information content (AvgIpc) is 3.31. The van der Waals surface area contributed by atoms with Gasteiger partial charge in [-0.15, -0.1) is 0 Å². The molecule has 4 aliphatic rings. The van der Waals surface area contributed by atoms with Crippen molar-refractivity contribution in [3.8, 4) is 0 Å². The van der Waals surface area contributed by atoms with Crippen LogP contribution in [0.1, 0.15) is 104 Å². The van der Waals surface area contributed by atoms with Gasteiger partial charge in [-0.1, -0.05) is 71.1 Å². The molecule has 0 spiro atoms. The van der Waals surface area contributed by atoms with Crippen molar-refractivity contribution in [1.29, 1.82) is 0 Å². The number of hydrogen-bond donors (Lipinski definition) is 5. The van der Waals surface area contributed by atoms with Gasteiger partial charge in [-0.2, -0.15) is 0 Å². The van der Waals surface area contributed by atoms with E-state index < -0.39 is 97.9 Å². The second-order valence-corrected chi connectivity index (χ2v) is 13.6. The number of aliphatic hydroxyl groups is 5. The molecule has 0 aliphatic carbocycles. The van der Waals surface area contributed by atoms with Crippen LogP contribution in [0.4, 0.5) is 0 Å². The first kappa shape index (κ1) is 37.4. The van der Waals surface area contributed by atoms with Gasteiger partial charge < -0.3 is 54.0 Å². The maximum absolute atomic E-state index is 13.6. The molecule has 5 N–H and O–H groups in total. The van der Waals surface area contributed by atoms with E-state index >= 15 is 0 Å². The summed E-state index contributed by atoms with van der Waals surface area (Å²) in [5, 5.41) is 53.3. The number of ether oxygens (including phenoxy) is 6. The van der Waals surface area contributed by atoms with Crippen molar-refractivity contribution in [1.82, 2.24) is 0 Å². The van der Waals surface area contributed by atoms with Gasteiger partial charge in [0.05, 0.1) is 24.7 Å². The summed E-state index contributed by atoms with van der Waals surface area (Å²) in [5.41, 5.74) is 0. The molecule has 266 valence electrons. The minimum absolute atomic E-state index is 0.325. The first-order valence-corrected chi connectivity index (χ1v) is 17.4. The van der Waals surface area contributed by atoms with Crippen LogP contribution >= 0.6 is 0 Å². The Kier molecular flexibility index (Phi) is 14.5. The van der Waals surface area contributed by atoms with Crippen molar-refractivity contribution >= 4 is 11.9 Å². The predicted molar refractivity (Wildman–Crippen MR) is 162 cm³/mol. The molecule has 0 aromatic heterocycles. The lowest BCUT2D eigenvalue weighted by Gasteiger charge is -2.46. The molecule has 13 nitrogen and oxygen atoms in total. The lowest BCUT2D eigenvalue weighted by molar-refractivity contribution is -0.369. The lowest BCUT2D eigenvalue weighted by Crippen LogP contribution is -2.65. The monoisotopic (exact) mass is 660 g/mol. The SMILES string of the molecule is CC1CCCCCCCCCCCCCC2OC(=O)C(C)C2C(=O)OC2C(OC(C)C(O)C2O)OC2C(O1)OC(CO)C(O)C2O. The summed E-state index contributed by atoms with van der Waals surface area (Å²) in [6, 6.07) is 0. The number of aliphatic hydroxyl groups excluding tert-OH is 5. The Morgan fingerprint density at radius 2 is 1.13 bits per heavy atom. The molecule has 0 bridgehead atoms. The summed E-state index contributed by atoms with van der Waals surface area (Å²) in [5.74, 6) is -3.02. The van der Waals surface area contributed by atoms with Gasteiger partial charge in [-0.3, -0.25) is 9.59 Å². The van der Waals surface area contributed by atoms with Crippen LogP contribution in [-0.2, 0) is 38.0 Å². The molecule has 4 rings (SSSR count). The van der Waals surface area contributed by atoms with Crippen molar-refractivity contribution in [2.75, 3.05) is 6.61 Å². The van der Waals surface area contributed by atoms with E-state index in [4.69, 9.17) is 28.4 Å². The first-order chi connectivity index (χ1) is 22.0. The summed E-state index contributed by atoms with van der Waals surface area (Å²) in [7, 11) is 0. The third-order valence-electron chi connectivity index (χ3n) is 9.97. The Labute approximate surface area is 271 Å². The third kappa shape index (κ3) is 9.38. The van der Waals surface area contributed by atoms with Gasteiger partial charge in [0.2, 0.25) is 0 Å². The van der Waals surface area contributed by atoms with Gasteiger partial charge in [0.1, 0.15) is 48.6 Å². The van der Waals surface area contributed by atoms with Gasteiger partial charge in [-0.05, 0) is 33.1 Å². The quantitative estimate of drug-likeness (QED) is 0.257. The second-order valence-electron chi connectivity index (χ2n) is 13.6. The molecule has 13 heteroatoms. The fraction of sp³-hybridized carbons (Fsp3) is 0.939. The topological polar surface area (TPSA) is 191 Å². The van der Waals surface area contributed by atoms with Crippen LogP contribution in [0, 0.1) is 11.8 Å². The Bertz CT molecular complexity index is 951. The number of carbonyl (C=O) groups is 2. The molecule has 0 saturated carbocycles. The lowest BCUT2D eigenvalue weighted by atomic mass is 9.89. The molecule has 46 heavy (non-hydrogen) atoms. The molecule has 0 radical (unpaired) electrons. The Morgan fingerprint density at radius 3 is 1.74 bits per heavy atom. The zero-order chi connectivity index (χ0) is 33.4. The van der Waals surface area contributed by atoms with Gasteiger partial charge in [0, 0.05) is 0 Å². The summed E-state index contributed by atoms with van der Waals surface area (Å²) in [6.07, 6.45) is -2.11. The number of hydrogen-bond acceptors (Lipinski definition) is 13. The molecular weight excluding hydrogens is 604 g/mol. The van der Waals surface area contributed by atoms with E-state index in [1.165, 1.54) is 32.6 Å². The summed E-state index contributed by atoms with van der Waals surface area (Å²) in [4.78, 5) is 26.2. The highest BCUT2D eigenvalue weighted by Crippen LogP contribution is 2.36. The second kappa shape index (κ2) is 17.8. The first-order valence-electron chi connectivity index (χ1n) is 17.4. The molecule has 14 atom stereocenters. The van der Waals surface area contributed by atoms with Gasteiger partial charge in [-0.25, -0.2) is 0 Å². The van der Waals surface area contributed by atoms with Crippen LogP contribution in [0.25, 0.3) is 0 Å². The van der Waals surface area contributed by atoms with E-state index in [-0.39, 0.29) is 6.10 Å². The Hall–Kier alpha value is -1.42. The smallest absolute Gasteiger partial charge is 0.314 e.